The van der Waals surface area contributed by atoms with Gasteiger partial charge >= 0.3 is 5.97 Å². The molecule has 180 valence electrons. The molecule has 7 heteroatoms. The summed E-state index contributed by atoms with van der Waals surface area (Å²) in [6.07, 6.45) is 5.53. The highest BCUT2D eigenvalue weighted by Crippen LogP contribution is 2.27. The molecule has 0 atom stereocenters. The number of esters is 1. The van der Waals surface area contributed by atoms with Crippen molar-refractivity contribution in [2.75, 3.05) is 27.2 Å². The number of carbonyl (C=O) groups is 1. The Bertz CT molecular complexity index is 1460. The molecule has 0 aliphatic heterocycles. The molecule has 3 aromatic carbocycles. The van der Waals surface area contributed by atoms with Crippen molar-refractivity contribution in [3.8, 4) is 34.0 Å². The molecule has 0 radical (unpaired) electrons. The molecule has 0 aliphatic carbocycles. The highest BCUT2D eigenvalue weighted by Gasteiger charge is 2.11. The lowest BCUT2D eigenvalue weighted by atomic mass is 10.1. The van der Waals surface area contributed by atoms with Crippen LogP contribution in [-0.4, -0.2) is 52.5 Å². The van der Waals surface area contributed by atoms with Crippen LogP contribution in [0.25, 0.3) is 28.2 Å². The van der Waals surface area contributed by atoms with Gasteiger partial charge in [0, 0.05) is 23.9 Å². The average molecular weight is 479 g/mol. The van der Waals surface area contributed by atoms with Crippen molar-refractivity contribution in [3.05, 3.63) is 103 Å². The van der Waals surface area contributed by atoms with Crippen LogP contribution in [0, 0.1) is 0 Å². The van der Waals surface area contributed by atoms with E-state index in [4.69, 9.17) is 9.47 Å². The highest BCUT2D eigenvalue weighted by molar-refractivity contribution is 5.90. The zero-order valence-corrected chi connectivity index (χ0v) is 20.2. The lowest BCUT2D eigenvalue weighted by Crippen LogP contribution is -2.20. The number of imidazole rings is 1. The Labute approximate surface area is 209 Å². The van der Waals surface area contributed by atoms with Crippen LogP contribution in [0.4, 0.5) is 0 Å². The quantitative estimate of drug-likeness (QED) is 0.272. The van der Waals surface area contributed by atoms with Crippen LogP contribution in [0.2, 0.25) is 0 Å². The Morgan fingerprint density at radius 3 is 2.25 bits per heavy atom. The van der Waals surface area contributed by atoms with E-state index in [1.807, 2.05) is 103 Å². The van der Waals surface area contributed by atoms with Gasteiger partial charge < -0.3 is 14.4 Å². The molecule has 5 aromatic rings. The van der Waals surface area contributed by atoms with Crippen LogP contribution in [-0.2, 0) is 4.74 Å². The number of para-hydroxylation sites is 1. The fourth-order valence-corrected chi connectivity index (χ4v) is 3.75. The first-order valence-corrected chi connectivity index (χ1v) is 11.7. The second-order valence-corrected chi connectivity index (χ2v) is 8.60. The van der Waals surface area contributed by atoms with E-state index in [1.54, 1.807) is 18.3 Å². The molecule has 0 unspecified atom stereocenters. The Hall–Kier alpha value is -4.49. The molecule has 0 amide bonds. The predicted octanol–water partition coefficient (Wildman–Crippen LogP) is 5.57. The normalized spacial score (nSPS) is 11.1. The minimum atomic E-state index is -0.330. The van der Waals surface area contributed by atoms with Gasteiger partial charge in [0.15, 0.2) is 5.65 Å². The smallest absolute Gasteiger partial charge is 0.338 e. The maximum Gasteiger partial charge on any atom is 0.338 e. The van der Waals surface area contributed by atoms with Crippen LogP contribution in [0.1, 0.15) is 10.4 Å². The number of hydrogen-bond acceptors (Lipinski definition) is 6. The minimum Gasteiger partial charge on any atom is -0.461 e. The standard InChI is InChI=1S/C29H26N4O3/c1-32(2)16-17-35-29(34)23-10-8-21(9-11-23)26-20-33-27(18-31-28(33)19-30-26)22-12-14-25(15-13-22)36-24-6-4-3-5-7-24/h3-15,18-20H,16-17H2,1-2H3. The van der Waals surface area contributed by atoms with E-state index in [1.165, 1.54) is 0 Å². The molecule has 7 nitrogen and oxygen atoms in total. The van der Waals surface area contributed by atoms with E-state index in [0.29, 0.717) is 18.7 Å². The van der Waals surface area contributed by atoms with Crippen LogP contribution in [0.5, 0.6) is 11.5 Å². The first kappa shape index (κ1) is 23.3. The molecule has 0 fully saturated rings. The van der Waals surface area contributed by atoms with Gasteiger partial charge in [-0.25, -0.2) is 9.78 Å². The Balaban J connectivity index is 1.34. The summed E-state index contributed by atoms with van der Waals surface area (Å²) >= 11 is 0. The van der Waals surface area contributed by atoms with Crippen molar-refractivity contribution in [2.24, 2.45) is 0 Å². The van der Waals surface area contributed by atoms with Crippen LogP contribution < -0.4 is 4.74 Å². The second-order valence-electron chi connectivity index (χ2n) is 8.60. The monoisotopic (exact) mass is 478 g/mol. The number of aromatic nitrogens is 3. The van der Waals surface area contributed by atoms with Crippen molar-refractivity contribution in [1.29, 1.82) is 0 Å². The number of nitrogens with zero attached hydrogens (tertiary/aromatic N) is 4. The second kappa shape index (κ2) is 10.4. The van der Waals surface area contributed by atoms with Gasteiger partial charge in [0.1, 0.15) is 18.1 Å². The lowest BCUT2D eigenvalue weighted by Gasteiger charge is -2.10. The van der Waals surface area contributed by atoms with Gasteiger partial charge in [0.25, 0.3) is 0 Å². The zero-order valence-electron chi connectivity index (χ0n) is 20.2. The van der Waals surface area contributed by atoms with Gasteiger partial charge in [-0.1, -0.05) is 30.3 Å². The summed E-state index contributed by atoms with van der Waals surface area (Å²) in [7, 11) is 3.88. The third-order valence-electron chi connectivity index (χ3n) is 5.71. The minimum absolute atomic E-state index is 0.330. The van der Waals surface area contributed by atoms with Gasteiger partial charge in [-0.2, -0.15) is 0 Å². The van der Waals surface area contributed by atoms with Gasteiger partial charge in [-0.3, -0.25) is 9.38 Å². The Morgan fingerprint density at radius 2 is 1.53 bits per heavy atom. The van der Waals surface area contributed by atoms with E-state index >= 15 is 0 Å². The summed E-state index contributed by atoms with van der Waals surface area (Å²) in [5.41, 5.74) is 4.89. The van der Waals surface area contributed by atoms with E-state index in [-0.39, 0.29) is 5.97 Å². The molecule has 2 heterocycles. The molecule has 0 spiro atoms. The molecule has 0 aliphatic rings. The van der Waals surface area contributed by atoms with Crippen molar-refractivity contribution < 1.29 is 14.3 Å². The van der Waals surface area contributed by atoms with Gasteiger partial charge in [-0.15, -0.1) is 0 Å². The van der Waals surface area contributed by atoms with Gasteiger partial charge in [-0.05, 0) is 62.6 Å². The number of carbonyl (C=O) groups excluding carboxylic acids is 1. The number of fused-ring (bicyclic) bond motifs is 1. The largest absolute Gasteiger partial charge is 0.461 e. The molecule has 0 saturated heterocycles. The predicted molar refractivity (Wildman–Crippen MR) is 139 cm³/mol. The average Bonchev–Trinajstić information content (AvgIpc) is 3.33. The van der Waals surface area contributed by atoms with Crippen LogP contribution >= 0.6 is 0 Å². The molecular formula is C29H26N4O3. The molecule has 0 bridgehead atoms. The number of likely N-dealkylation sites (N-methyl/N-ethyl adjacent to an activating group) is 1. The molecule has 0 saturated carbocycles. The number of rotatable bonds is 8. The summed E-state index contributed by atoms with van der Waals surface area (Å²) < 4.78 is 13.2. The van der Waals surface area contributed by atoms with Crippen molar-refractivity contribution in [3.63, 3.8) is 0 Å². The number of benzene rings is 3. The third-order valence-corrected chi connectivity index (χ3v) is 5.71. The fourth-order valence-electron chi connectivity index (χ4n) is 3.75. The van der Waals surface area contributed by atoms with Crippen LogP contribution in [0.3, 0.4) is 0 Å². The molecule has 2 aromatic heterocycles. The first-order valence-electron chi connectivity index (χ1n) is 11.7. The van der Waals surface area contributed by atoms with E-state index in [9.17, 15) is 4.79 Å². The molecule has 0 N–H and O–H groups in total. The lowest BCUT2D eigenvalue weighted by molar-refractivity contribution is 0.0482. The maximum atomic E-state index is 12.3. The van der Waals surface area contributed by atoms with E-state index in [2.05, 4.69) is 9.97 Å². The van der Waals surface area contributed by atoms with Gasteiger partial charge in [0.2, 0.25) is 0 Å². The SMILES string of the molecule is CN(C)CCOC(=O)c1ccc(-c2cn3c(-c4ccc(Oc5ccccc5)cc4)cnc3cn2)cc1. The summed E-state index contributed by atoms with van der Waals surface area (Å²) in [6.45, 7) is 1.04. The molecule has 5 rings (SSSR count). The summed E-state index contributed by atoms with van der Waals surface area (Å²) in [5, 5.41) is 0. The summed E-state index contributed by atoms with van der Waals surface area (Å²) in [4.78, 5) is 23.3. The van der Waals surface area contributed by atoms with Gasteiger partial charge in [0.05, 0.1) is 29.3 Å². The highest BCUT2D eigenvalue weighted by atomic mass is 16.5. The Morgan fingerprint density at radius 1 is 0.833 bits per heavy atom. The van der Waals surface area contributed by atoms with Crippen LogP contribution in [0.15, 0.2) is 97.5 Å². The topological polar surface area (TPSA) is 69.0 Å². The maximum absolute atomic E-state index is 12.3. The first-order chi connectivity index (χ1) is 17.6. The van der Waals surface area contributed by atoms with Crippen molar-refractivity contribution in [1.82, 2.24) is 19.3 Å². The van der Waals surface area contributed by atoms with Crippen molar-refractivity contribution >= 4 is 11.6 Å². The van der Waals surface area contributed by atoms with E-state index in [0.717, 1.165) is 39.7 Å². The van der Waals surface area contributed by atoms with Crippen molar-refractivity contribution in [2.45, 2.75) is 0 Å². The summed E-state index contributed by atoms with van der Waals surface area (Å²) in [5.74, 6) is 1.23. The number of ether oxygens (including phenoxy) is 2. The fraction of sp³-hybridized carbons (Fsp3) is 0.138. The Kier molecular flexibility index (Phi) is 6.73. The molecule has 36 heavy (non-hydrogen) atoms. The zero-order chi connectivity index (χ0) is 24.9. The summed E-state index contributed by atoms with van der Waals surface area (Å²) in [6, 6.07) is 24.9. The number of hydrogen-bond donors (Lipinski definition) is 0. The third kappa shape index (κ3) is 5.26. The molecular weight excluding hydrogens is 452 g/mol. The van der Waals surface area contributed by atoms with E-state index < -0.39 is 0 Å².